The van der Waals surface area contributed by atoms with E-state index in [0.717, 1.165) is 17.9 Å². The monoisotopic (exact) mass is 455 g/mol. The van der Waals surface area contributed by atoms with Gasteiger partial charge >= 0.3 is 0 Å². The quantitative estimate of drug-likeness (QED) is 0.438. The van der Waals surface area contributed by atoms with E-state index in [-0.39, 0.29) is 17.5 Å². The highest BCUT2D eigenvalue weighted by Crippen LogP contribution is 2.21. The molecule has 0 N–H and O–H groups in total. The average molecular weight is 456 g/mol. The summed E-state index contributed by atoms with van der Waals surface area (Å²) >= 11 is 0. The number of amides is 1. The Bertz CT molecular complexity index is 1250. The van der Waals surface area contributed by atoms with E-state index in [0.29, 0.717) is 38.3 Å². The van der Waals surface area contributed by atoms with Crippen LogP contribution in [0.3, 0.4) is 0 Å². The fourth-order valence-corrected chi connectivity index (χ4v) is 4.27. The number of piperazine rings is 1. The van der Waals surface area contributed by atoms with E-state index in [2.05, 4.69) is 22.2 Å². The largest absolute Gasteiger partial charge is 0.366 e. The van der Waals surface area contributed by atoms with E-state index in [1.165, 1.54) is 11.6 Å². The number of hydrogen-bond acceptors (Lipinski definition) is 4. The standard InChI is InChI=1S/C27H26FN5O/c28-23-13-7-8-14-24(23)31-17-19-32(20-18-31)27(34)26-29-25(16-15-21-9-3-1-4-10-21)33(30-26)22-11-5-2-6-12-22/h1-14H,15-20H2. The number of halogens is 1. The van der Waals surface area contributed by atoms with Crippen LogP contribution in [0.25, 0.3) is 5.69 Å². The van der Waals surface area contributed by atoms with Crippen molar-refractivity contribution < 1.29 is 9.18 Å². The van der Waals surface area contributed by atoms with E-state index in [4.69, 9.17) is 0 Å². The van der Waals surface area contributed by atoms with E-state index in [1.54, 1.807) is 21.7 Å². The lowest BCUT2D eigenvalue weighted by Crippen LogP contribution is -2.49. The van der Waals surface area contributed by atoms with E-state index in [9.17, 15) is 9.18 Å². The number of anilines is 1. The van der Waals surface area contributed by atoms with Gasteiger partial charge in [0.2, 0.25) is 5.82 Å². The van der Waals surface area contributed by atoms with Gasteiger partial charge in [0.25, 0.3) is 5.91 Å². The fourth-order valence-electron chi connectivity index (χ4n) is 4.27. The fraction of sp³-hybridized carbons (Fsp3) is 0.222. The highest BCUT2D eigenvalue weighted by molar-refractivity contribution is 5.90. The Morgan fingerprint density at radius 2 is 1.44 bits per heavy atom. The molecule has 0 aliphatic carbocycles. The second-order valence-corrected chi connectivity index (χ2v) is 8.32. The third-order valence-electron chi connectivity index (χ3n) is 6.11. The molecule has 172 valence electrons. The molecule has 1 aromatic heterocycles. The zero-order valence-corrected chi connectivity index (χ0v) is 18.8. The molecule has 0 spiro atoms. The Morgan fingerprint density at radius 1 is 0.794 bits per heavy atom. The molecule has 0 saturated carbocycles. The minimum absolute atomic E-state index is 0.191. The summed E-state index contributed by atoms with van der Waals surface area (Å²) in [5.41, 5.74) is 2.66. The van der Waals surface area contributed by atoms with Gasteiger partial charge in [-0.2, -0.15) is 0 Å². The maximum Gasteiger partial charge on any atom is 0.293 e. The number of carbonyl (C=O) groups is 1. The molecule has 2 heterocycles. The first-order valence-electron chi connectivity index (χ1n) is 11.5. The Hall–Kier alpha value is -4.00. The molecule has 4 aromatic rings. The molecular formula is C27H26FN5O. The number of aryl methyl sites for hydroxylation is 2. The van der Waals surface area contributed by atoms with Crippen LogP contribution in [-0.4, -0.2) is 51.8 Å². The molecule has 0 radical (unpaired) electrons. The summed E-state index contributed by atoms with van der Waals surface area (Å²) in [7, 11) is 0. The number of para-hydroxylation sites is 2. The lowest BCUT2D eigenvalue weighted by atomic mass is 10.1. The molecule has 0 atom stereocenters. The van der Waals surface area contributed by atoms with E-state index >= 15 is 0 Å². The molecule has 3 aromatic carbocycles. The van der Waals surface area contributed by atoms with Crippen LogP contribution in [0.5, 0.6) is 0 Å². The van der Waals surface area contributed by atoms with Crippen LogP contribution in [0.2, 0.25) is 0 Å². The third kappa shape index (κ3) is 4.69. The van der Waals surface area contributed by atoms with Crippen LogP contribution in [0.1, 0.15) is 22.0 Å². The second kappa shape index (κ2) is 9.87. The summed E-state index contributed by atoms with van der Waals surface area (Å²) in [5.74, 6) is 0.520. The van der Waals surface area contributed by atoms with Crippen molar-refractivity contribution in [1.82, 2.24) is 19.7 Å². The zero-order valence-electron chi connectivity index (χ0n) is 18.8. The Balaban J connectivity index is 1.33. The summed E-state index contributed by atoms with van der Waals surface area (Å²) in [6.07, 6.45) is 1.47. The van der Waals surface area contributed by atoms with Gasteiger partial charge in [-0.15, -0.1) is 5.10 Å². The van der Waals surface area contributed by atoms with Gasteiger partial charge in [0, 0.05) is 32.6 Å². The van der Waals surface area contributed by atoms with Crippen molar-refractivity contribution in [2.45, 2.75) is 12.8 Å². The number of nitrogens with zero attached hydrogens (tertiary/aromatic N) is 5. The highest BCUT2D eigenvalue weighted by atomic mass is 19.1. The lowest BCUT2D eigenvalue weighted by molar-refractivity contribution is 0.0734. The molecule has 34 heavy (non-hydrogen) atoms. The lowest BCUT2D eigenvalue weighted by Gasteiger charge is -2.35. The van der Waals surface area contributed by atoms with Crippen molar-refractivity contribution in [2.75, 3.05) is 31.1 Å². The smallest absolute Gasteiger partial charge is 0.293 e. The van der Waals surface area contributed by atoms with Crippen LogP contribution in [-0.2, 0) is 12.8 Å². The zero-order chi connectivity index (χ0) is 23.3. The molecule has 1 fully saturated rings. The Morgan fingerprint density at radius 3 is 2.15 bits per heavy atom. The molecule has 5 rings (SSSR count). The average Bonchev–Trinajstić information content (AvgIpc) is 3.33. The molecule has 0 unspecified atom stereocenters. The molecule has 1 saturated heterocycles. The molecule has 6 nitrogen and oxygen atoms in total. The number of hydrogen-bond donors (Lipinski definition) is 0. The van der Waals surface area contributed by atoms with Crippen molar-refractivity contribution in [3.63, 3.8) is 0 Å². The SMILES string of the molecule is O=C(c1nc(CCc2ccccc2)n(-c2ccccc2)n1)N1CCN(c2ccccc2F)CC1. The number of carbonyl (C=O) groups excluding carboxylic acids is 1. The predicted molar refractivity (Wildman–Crippen MR) is 130 cm³/mol. The van der Waals surface area contributed by atoms with Crippen molar-refractivity contribution in [3.8, 4) is 5.69 Å². The van der Waals surface area contributed by atoms with E-state index in [1.807, 2.05) is 59.5 Å². The minimum Gasteiger partial charge on any atom is -0.366 e. The van der Waals surface area contributed by atoms with Crippen LogP contribution in [0, 0.1) is 5.82 Å². The number of rotatable bonds is 6. The summed E-state index contributed by atoms with van der Waals surface area (Å²) in [4.78, 5) is 21.7. The topological polar surface area (TPSA) is 54.3 Å². The first kappa shape index (κ1) is 21.8. The van der Waals surface area contributed by atoms with Crippen molar-refractivity contribution >= 4 is 11.6 Å². The Kier molecular flexibility index (Phi) is 6.33. The first-order valence-corrected chi connectivity index (χ1v) is 11.5. The number of aromatic nitrogens is 3. The maximum atomic E-state index is 14.2. The summed E-state index contributed by atoms with van der Waals surface area (Å²) in [5, 5.41) is 4.60. The second-order valence-electron chi connectivity index (χ2n) is 8.32. The van der Waals surface area contributed by atoms with Crippen LogP contribution in [0.15, 0.2) is 84.9 Å². The van der Waals surface area contributed by atoms with E-state index < -0.39 is 0 Å². The van der Waals surface area contributed by atoms with Crippen LogP contribution < -0.4 is 4.90 Å². The summed E-state index contributed by atoms with van der Waals surface area (Å²) in [6, 6.07) is 26.7. The van der Waals surface area contributed by atoms with Gasteiger partial charge in [-0.3, -0.25) is 4.79 Å². The van der Waals surface area contributed by atoms with Gasteiger partial charge in [0.1, 0.15) is 11.6 Å². The Labute approximate surface area is 198 Å². The molecule has 1 aliphatic rings. The van der Waals surface area contributed by atoms with Gasteiger partial charge in [0.15, 0.2) is 0 Å². The summed E-state index contributed by atoms with van der Waals surface area (Å²) < 4.78 is 15.9. The normalized spacial score (nSPS) is 13.8. The number of benzene rings is 3. The molecule has 0 bridgehead atoms. The third-order valence-corrected chi connectivity index (χ3v) is 6.11. The predicted octanol–water partition coefficient (Wildman–Crippen LogP) is 4.15. The van der Waals surface area contributed by atoms with Gasteiger partial charge in [-0.05, 0) is 36.2 Å². The van der Waals surface area contributed by atoms with Crippen molar-refractivity contribution in [1.29, 1.82) is 0 Å². The molecule has 1 amide bonds. The molecule has 1 aliphatic heterocycles. The summed E-state index contributed by atoms with van der Waals surface area (Å²) in [6.45, 7) is 2.11. The van der Waals surface area contributed by atoms with Crippen LogP contribution >= 0.6 is 0 Å². The highest BCUT2D eigenvalue weighted by Gasteiger charge is 2.27. The maximum absolute atomic E-state index is 14.2. The minimum atomic E-state index is -0.242. The van der Waals surface area contributed by atoms with Gasteiger partial charge < -0.3 is 9.80 Å². The van der Waals surface area contributed by atoms with Gasteiger partial charge in [0.05, 0.1) is 11.4 Å². The molecular weight excluding hydrogens is 429 g/mol. The van der Waals surface area contributed by atoms with Crippen LogP contribution in [0.4, 0.5) is 10.1 Å². The molecule has 7 heteroatoms. The van der Waals surface area contributed by atoms with Gasteiger partial charge in [-0.25, -0.2) is 14.1 Å². The van der Waals surface area contributed by atoms with Crippen molar-refractivity contribution in [2.24, 2.45) is 0 Å². The first-order chi connectivity index (χ1) is 16.7. The van der Waals surface area contributed by atoms with Crippen molar-refractivity contribution in [3.05, 3.63) is 108 Å². The van der Waals surface area contributed by atoms with Gasteiger partial charge in [-0.1, -0.05) is 60.7 Å².